The quantitative estimate of drug-likeness (QED) is 0.380. The van der Waals surface area contributed by atoms with Gasteiger partial charge in [0.2, 0.25) is 0 Å². The zero-order valence-corrected chi connectivity index (χ0v) is 20.4. The van der Waals surface area contributed by atoms with E-state index in [1.807, 2.05) is 0 Å². The van der Waals surface area contributed by atoms with Crippen molar-refractivity contribution in [2.24, 2.45) is 40.4 Å². The van der Waals surface area contributed by atoms with Crippen LogP contribution in [0.3, 0.4) is 0 Å². The van der Waals surface area contributed by atoms with E-state index >= 15 is 0 Å². The summed E-state index contributed by atoms with van der Waals surface area (Å²) in [5.41, 5.74) is 2.15. The van der Waals surface area contributed by atoms with Crippen molar-refractivity contribution in [1.29, 1.82) is 0 Å². The molecule has 3 saturated carbocycles. The highest BCUT2D eigenvalue weighted by Crippen LogP contribution is 2.67. The molecule has 30 heavy (non-hydrogen) atoms. The number of rotatable bonds is 4. The van der Waals surface area contributed by atoms with Crippen molar-refractivity contribution < 1.29 is 14.3 Å². The number of carbonyl (C=O) groups is 2. The minimum atomic E-state index is -0.145. The molecular weight excluding hydrogens is 392 g/mol. The Morgan fingerprint density at radius 2 is 1.93 bits per heavy atom. The van der Waals surface area contributed by atoms with Crippen LogP contribution in [0.25, 0.3) is 0 Å². The largest absolute Gasteiger partial charge is 0.462 e. The Kier molecular flexibility index (Phi) is 6.20. The molecule has 0 aromatic rings. The average Bonchev–Trinajstić information content (AvgIpc) is 3.04. The van der Waals surface area contributed by atoms with E-state index in [2.05, 4.69) is 33.8 Å². The molecule has 8 unspecified atom stereocenters. The van der Waals surface area contributed by atoms with Crippen LogP contribution in [0.15, 0.2) is 11.6 Å². The molecule has 0 aromatic heterocycles. The van der Waals surface area contributed by atoms with Crippen LogP contribution in [0.4, 0.5) is 0 Å². The molecule has 0 N–H and O–H groups in total. The Bertz CT molecular complexity index is 730. The van der Waals surface area contributed by atoms with E-state index in [-0.39, 0.29) is 23.4 Å². The number of esters is 1. The van der Waals surface area contributed by atoms with E-state index in [1.165, 1.54) is 50.8 Å². The summed E-state index contributed by atoms with van der Waals surface area (Å²) in [5, 5.41) is 0.410. The minimum Gasteiger partial charge on any atom is -0.462 e. The molecule has 8 atom stereocenters. The van der Waals surface area contributed by atoms with Gasteiger partial charge in [0.1, 0.15) is 6.10 Å². The first kappa shape index (κ1) is 22.4. The second-order valence-corrected chi connectivity index (χ2v) is 12.3. The molecule has 4 rings (SSSR count). The molecule has 0 bridgehead atoms. The fourth-order valence-corrected chi connectivity index (χ4v) is 8.97. The number of fused-ring (bicyclic) bond motifs is 5. The highest BCUT2D eigenvalue weighted by atomic mass is 32.2. The van der Waals surface area contributed by atoms with Gasteiger partial charge in [-0.3, -0.25) is 9.59 Å². The Labute approximate surface area is 187 Å². The fraction of sp³-hybridized carbons (Fsp3) is 0.846. The normalized spacial score (nSPS) is 43.6. The summed E-state index contributed by atoms with van der Waals surface area (Å²) in [5.74, 6) is 3.75. The van der Waals surface area contributed by atoms with Gasteiger partial charge in [0.15, 0.2) is 5.12 Å². The Balaban J connectivity index is 1.54. The third-order valence-corrected chi connectivity index (χ3v) is 10.7. The molecule has 4 aliphatic rings. The predicted molar refractivity (Wildman–Crippen MR) is 123 cm³/mol. The lowest BCUT2D eigenvalue weighted by Gasteiger charge is -2.58. The van der Waals surface area contributed by atoms with Crippen LogP contribution < -0.4 is 0 Å². The molecule has 4 aliphatic carbocycles. The van der Waals surface area contributed by atoms with Gasteiger partial charge < -0.3 is 4.74 Å². The minimum absolute atomic E-state index is 0.0750. The van der Waals surface area contributed by atoms with Crippen molar-refractivity contribution in [3.8, 4) is 0 Å². The van der Waals surface area contributed by atoms with Gasteiger partial charge in [-0.15, -0.1) is 0 Å². The van der Waals surface area contributed by atoms with Gasteiger partial charge in [-0.25, -0.2) is 0 Å². The number of allylic oxidation sites excluding steroid dienone is 1. The summed E-state index contributed by atoms with van der Waals surface area (Å²) in [6.45, 7) is 10.8. The van der Waals surface area contributed by atoms with Gasteiger partial charge in [-0.05, 0) is 85.2 Å². The first-order valence-corrected chi connectivity index (χ1v) is 13.2. The highest BCUT2D eigenvalue weighted by Gasteiger charge is 2.59. The second kappa shape index (κ2) is 8.30. The lowest BCUT2D eigenvalue weighted by atomic mass is 9.47. The molecule has 0 aliphatic heterocycles. The van der Waals surface area contributed by atoms with Crippen molar-refractivity contribution in [2.45, 2.75) is 92.1 Å². The molecular formula is C26H40O3S. The van der Waals surface area contributed by atoms with E-state index in [0.717, 1.165) is 42.8 Å². The van der Waals surface area contributed by atoms with Crippen LogP contribution in [0, 0.1) is 40.4 Å². The fourth-order valence-electron chi connectivity index (χ4n) is 8.26. The molecule has 0 saturated heterocycles. The Morgan fingerprint density at radius 1 is 1.17 bits per heavy atom. The number of carbonyl (C=O) groups excluding carboxylic acids is 2. The highest BCUT2D eigenvalue weighted by molar-refractivity contribution is 8.13. The molecule has 0 aromatic carbocycles. The van der Waals surface area contributed by atoms with E-state index in [1.54, 1.807) is 5.57 Å². The van der Waals surface area contributed by atoms with Crippen LogP contribution in [0.5, 0.6) is 0 Å². The summed E-state index contributed by atoms with van der Waals surface area (Å²) in [6, 6.07) is 0. The van der Waals surface area contributed by atoms with Gasteiger partial charge in [0, 0.05) is 19.3 Å². The zero-order chi connectivity index (χ0) is 21.7. The summed E-state index contributed by atoms with van der Waals surface area (Å²) in [4.78, 5) is 24.1. The van der Waals surface area contributed by atoms with Crippen molar-refractivity contribution >= 4 is 22.8 Å². The lowest BCUT2D eigenvalue weighted by molar-refractivity contribution is -0.148. The smallest absolute Gasteiger partial charge is 0.302 e. The third kappa shape index (κ3) is 3.59. The topological polar surface area (TPSA) is 43.4 Å². The average molecular weight is 433 g/mol. The predicted octanol–water partition coefficient (Wildman–Crippen LogP) is 6.41. The van der Waals surface area contributed by atoms with Crippen LogP contribution in [0.1, 0.15) is 86.0 Å². The third-order valence-electron chi connectivity index (χ3n) is 9.73. The number of thioether (sulfide) groups is 1. The standard InChI is InChI=1S/C26H40O3S/c1-6-30-24(28)16(2)21-9-10-22-20-8-7-18-15-19(29-17(3)27)11-13-25(18,4)23(20)12-14-26(21,22)5/h7,16,19-23H,6,8-15H2,1-5H3. The zero-order valence-electron chi connectivity index (χ0n) is 19.5. The molecule has 4 heteroatoms. The van der Waals surface area contributed by atoms with Crippen LogP contribution in [-0.2, 0) is 14.3 Å². The van der Waals surface area contributed by atoms with Crippen molar-refractivity contribution in [1.82, 2.24) is 0 Å². The van der Waals surface area contributed by atoms with Crippen LogP contribution in [-0.4, -0.2) is 22.9 Å². The first-order chi connectivity index (χ1) is 14.2. The molecule has 0 heterocycles. The van der Waals surface area contributed by atoms with Gasteiger partial charge in [-0.1, -0.05) is 51.1 Å². The number of hydrogen-bond donors (Lipinski definition) is 0. The monoisotopic (exact) mass is 432 g/mol. The molecule has 0 radical (unpaired) electrons. The van der Waals surface area contributed by atoms with Crippen LogP contribution in [0.2, 0.25) is 0 Å². The van der Waals surface area contributed by atoms with Crippen molar-refractivity contribution in [3.05, 3.63) is 11.6 Å². The van der Waals surface area contributed by atoms with Crippen LogP contribution >= 0.6 is 11.8 Å². The lowest BCUT2D eigenvalue weighted by Crippen LogP contribution is -2.51. The Hall–Kier alpha value is -0.770. The molecule has 0 spiro atoms. The Morgan fingerprint density at radius 3 is 2.63 bits per heavy atom. The van der Waals surface area contributed by atoms with Crippen molar-refractivity contribution in [2.75, 3.05) is 5.75 Å². The van der Waals surface area contributed by atoms with E-state index in [9.17, 15) is 9.59 Å². The van der Waals surface area contributed by atoms with Gasteiger partial charge >= 0.3 is 5.97 Å². The second-order valence-electron chi connectivity index (χ2n) is 11.0. The summed E-state index contributed by atoms with van der Waals surface area (Å²) < 4.78 is 5.58. The maximum Gasteiger partial charge on any atom is 0.302 e. The van der Waals surface area contributed by atoms with E-state index in [4.69, 9.17) is 4.74 Å². The maximum atomic E-state index is 12.7. The molecule has 3 fully saturated rings. The maximum absolute atomic E-state index is 12.7. The van der Waals surface area contributed by atoms with E-state index < -0.39 is 0 Å². The SMILES string of the molecule is CCSC(=O)C(C)C1CCC2C3CC=C4CC(OC(C)=O)CCC4(C)C3CCC12C. The number of ether oxygens (including phenoxy) is 1. The first-order valence-electron chi connectivity index (χ1n) is 12.2. The molecule has 3 nitrogen and oxygen atoms in total. The molecule has 168 valence electrons. The summed E-state index contributed by atoms with van der Waals surface area (Å²) in [6.07, 6.45) is 12.0. The van der Waals surface area contributed by atoms with Gasteiger partial charge in [0.25, 0.3) is 0 Å². The van der Waals surface area contributed by atoms with Gasteiger partial charge in [0.05, 0.1) is 0 Å². The van der Waals surface area contributed by atoms with E-state index in [0.29, 0.717) is 16.4 Å². The van der Waals surface area contributed by atoms with Crippen molar-refractivity contribution in [3.63, 3.8) is 0 Å². The summed E-state index contributed by atoms with van der Waals surface area (Å²) in [7, 11) is 0. The summed E-state index contributed by atoms with van der Waals surface area (Å²) >= 11 is 1.52. The number of hydrogen-bond acceptors (Lipinski definition) is 4. The molecule has 0 amide bonds. The van der Waals surface area contributed by atoms with Gasteiger partial charge in [-0.2, -0.15) is 0 Å².